The van der Waals surface area contributed by atoms with Crippen LogP contribution in [0.2, 0.25) is 0 Å². The number of carbonyl (C=O) groups excluding carboxylic acids is 2. The molecule has 160 valence electrons. The van der Waals surface area contributed by atoms with Crippen LogP contribution in [0.25, 0.3) is 5.82 Å². The van der Waals surface area contributed by atoms with Crippen molar-refractivity contribution in [3.8, 4) is 5.82 Å². The Bertz CT molecular complexity index is 1050. The quantitative estimate of drug-likeness (QED) is 0.655. The molecular formula is C21H23N7O3. The zero-order valence-corrected chi connectivity index (χ0v) is 17.3. The summed E-state index contributed by atoms with van der Waals surface area (Å²) >= 11 is 0. The van der Waals surface area contributed by atoms with Crippen molar-refractivity contribution in [2.24, 2.45) is 5.41 Å². The number of amides is 1. The van der Waals surface area contributed by atoms with Gasteiger partial charge >= 0.3 is 5.97 Å². The van der Waals surface area contributed by atoms with Gasteiger partial charge in [-0.1, -0.05) is 6.07 Å². The van der Waals surface area contributed by atoms with Gasteiger partial charge in [0.2, 0.25) is 5.91 Å². The lowest BCUT2D eigenvalue weighted by molar-refractivity contribution is -0.137. The standard InChI is InChI=1S/C21H23N7O3/c1-15-11-21(20(30)28(15)17-10-19(29)31-13-17)5-8-26(9-6-21)7-4-16-2-3-18(22-12-16)27-14-23-24-25-27/h2-3,10-12,14H,4-9,13H2,1H3. The van der Waals surface area contributed by atoms with Gasteiger partial charge in [-0.15, -0.1) is 5.10 Å². The van der Waals surface area contributed by atoms with Gasteiger partial charge in [0.1, 0.15) is 12.9 Å². The van der Waals surface area contributed by atoms with Crippen LogP contribution in [0, 0.1) is 5.41 Å². The van der Waals surface area contributed by atoms with Gasteiger partial charge in [0.25, 0.3) is 0 Å². The molecule has 0 saturated carbocycles. The van der Waals surface area contributed by atoms with Crippen LogP contribution in [-0.4, -0.2) is 73.1 Å². The lowest BCUT2D eigenvalue weighted by atomic mass is 9.78. The summed E-state index contributed by atoms with van der Waals surface area (Å²) in [4.78, 5) is 33.1. The molecule has 5 heterocycles. The van der Waals surface area contributed by atoms with Crippen LogP contribution in [0.3, 0.4) is 0 Å². The Morgan fingerprint density at radius 1 is 1.19 bits per heavy atom. The van der Waals surface area contributed by atoms with Crippen LogP contribution < -0.4 is 0 Å². The Morgan fingerprint density at radius 2 is 2.03 bits per heavy atom. The van der Waals surface area contributed by atoms with Gasteiger partial charge in [0.15, 0.2) is 5.82 Å². The molecule has 1 fully saturated rings. The molecule has 0 aliphatic carbocycles. The van der Waals surface area contributed by atoms with Gasteiger partial charge in [-0.2, -0.15) is 4.68 Å². The monoisotopic (exact) mass is 421 g/mol. The molecule has 0 bridgehead atoms. The molecule has 1 saturated heterocycles. The average molecular weight is 421 g/mol. The van der Waals surface area contributed by atoms with E-state index in [1.165, 1.54) is 17.1 Å². The van der Waals surface area contributed by atoms with E-state index in [4.69, 9.17) is 4.74 Å². The molecule has 10 nitrogen and oxygen atoms in total. The van der Waals surface area contributed by atoms with Crippen LogP contribution in [0.5, 0.6) is 0 Å². The summed E-state index contributed by atoms with van der Waals surface area (Å²) in [6.45, 7) is 4.71. The largest absolute Gasteiger partial charge is 0.456 e. The molecule has 0 atom stereocenters. The van der Waals surface area contributed by atoms with E-state index in [1.54, 1.807) is 4.90 Å². The molecule has 0 N–H and O–H groups in total. The maximum atomic E-state index is 13.2. The number of hydrogen-bond acceptors (Lipinski definition) is 8. The normalized spacial score (nSPS) is 20.9. The van der Waals surface area contributed by atoms with Crippen LogP contribution >= 0.6 is 0 Å². The number of tetrazole rings is 1. The number of ether oxygens (including phenoxy) is 1. The van der Waals surface area contributed by atoms with Crippen LogP contribution in [0.1, 0.15) is 25.3 Å². The molecule has 10 heteroatoms. The fraction of sp³-hybridized carbons (Fsp3) is 0.429. The molecule has 3 aliphatic heterocycles. The predicted octanol–water partition coefficient (Wildman–Crippen LogP) is 0.869. The Kier molecular flexibility index (Phi) is 4.85. The Morgan fingerprint density at radius 3 is 2.68 bits per heavy atom. The van der Waals surface area contributed by atoms with Crippen molar-refractivity contribution in [3.63, 3.8) is 0 Å². The Hall–Kier alpha value is -3.40. The third-order valence-corrected chi connectivity index (χ3v) is 6.26. The number of cyclic esters (lactones) is 1. The number of aromatic nitrogens is 5. The summed E-state index contributed by atoms with van der Waals surface area (Å²) in [7, 11) is 0. The summed E-state index contributed by atoms with van der Waals surface area (Å²) in [5.41, 5.74) is 2.20. The summed E-state index contributed by atoms with van der Waals surface area (Å²) < 4.78 is 6.52. The summed E-state index contributed by atoms with van der Waals surface area (Å²) in [5, 5.41) is 11.1. The predicted molar refractivity (Wildman–Crippen MR) is 108 cm³/mol. The molecule has 0 radical (unpaired) electrons. The number of esters is 1. The zero-order valence-electron chi connectivity index (χ0n) is 17.3. The maximum Gasteiger partial charge on any atom is 0.333 e. The minimum atomic E-state index is -0.470. The first-order chi connectivity index (χ1) is 15.0. The first-order valence-electron chi connectivity index (χ1n) is 10.4. The van der Waals surface area contributed by atoms with Gasteiger partial charge in [0.05, 0.1) is 11.1 Å². The lowest BCUT2D eigenvalue weighted by Gasteiger charge is -2.37. The highest BCUT2D eigenvalue weighted by Gasteiger charge is 2.48. The number of rotatable bonds is 5. The highest BCUT2D eigenvalue weighted by molar-refractivity contribution is 5.93. The molecule has 5 rings (SSSR count). The van der Waals surface area contributed by atoms with Crippen molar-refractivity contribution in [3.05, 3.63) is 53.8 Å². The van der Waals surface area contributed by atoms with Crippen molar-refractivity contribution in [2.45, 2.75) is 26.2 Å². The number of carbonyl (C=O) groups is 2. The fourth-order valence-corrected chi connectivity index (χ4v) is 4.55. The molecule has 2 aromatic rings. The van der Waals surface area contributed by atoms with E-state index < -0.39 is 5.41 Å². The average Bonchev–Trinajstić information content (AvgIpc) is 3.50. The molecular weight excluding hydrogens is 398 g/mol. The maximum absolute atomic E-state index is 13.2. The van der Waals surface area contributed by atoms with E-state index in [9.17, 15) is 9.59 Å². The summed E-state index contributed by atoms with van der Waals surface area (Å²) in [6, 6.07) is 3.95. The van der Waals surface area contributed by atoms with Crippen LogP contribution in [-0.2, 0) is 20.7 Å². The highest BCUT2D eigenvalue weighted by Crippen LogP contribution is 2.43. The molecule has 1 spiro atoms. The smallest absolute Gasteiger partial charge is 0.333 e. The molecule has 3 aliphatic rings. The van der Waals surface area contributed by atoms with E-state index in [0.717, 1.165) is 50.2 Å². The van der Waals surface area contributed by atoms with Crippen molar-refractivity contribution < 1.29 is 14.3 Å². The SMILES string of the molecule is CC1=CC2(CCN(CCc3ccc(-n4cnnn4)nc3)CC2)C(=O)N1C1=CC(=O)OC1. The topological polar surface area (TPSA) is 106 Å². The lowest BCUT2D eigenvalue weighted by Crippen LogP contribution is -2.45. The minimum Gasteiger partial charge on any atom is -0.456 e. The van der Waals surface area contributed by atoms with E-state index in [0.29, 0.717) is 11.5 Å². The third kappa shape index (κ3) is 3.63. The Labute approximate surface area is 179 Å². The van der Waals surface area contributed by atoms with Crippen molar-refractivity contribution >= 4 is 11.9 Å². The second-order valence-corrected chi connectivity index (χ2v) is 8.20. The molecule has 2 aromatic heterocycles. The van der Waals surface area contributed by atoms with Crippen molar-refractivity contribution in [1.82, 2.24) is 35.0 Å². The second-order valence-electron chi connectivity index (χ2n) is 8.20. The minimum absolute atomic E-state index is 0.0663. The first-order valence-corrected chi connectivity index (χ1v) is 10.4. The number of allylic oxidation sites excluding steroid dienone is 1. The number of nitrogens with zero attached hydrogens (tertiary/aromatic N) is 7. The molecule has 0 aromatic carbocycles. The summed E-state index contributed by atoms with van der Waals surface area (Å²) in [6.07, 6.45) is 9.31. The van der Waals surface area contributed by atoms with E-state index in [2.05, 4.69) is 31.5 Å². The van der Waals surface area contributed by atoms with E-state index >= 15 is 0 Å². The van der Waals surface area contributed by atoms with Gasteiger partial charge in [-0.3, -0.25) is 9.69 Å². The Balaban J connectivity index is 1.17. The van der Waals surface area contributed by atoms with Crippen molar-refractivity contribution in [1.29, 1.82) is 0 Å². The zero-order chi connectivity index (χ0) is 21.4. The van der Waals surface area contributed by atoms with Gasteiger partial charge in [-0.05, 0) is 67.4 Å². The number of likely N-dealkylation sites (tertiary alicyclic amines) is 1. The van der Waals surface area contributed by atoms with Crippen LogP contribution in [0.15, 0.2) is 48.2 Å². The van der Waals surface area contributed by atoms with Gasteiger partial charge in [0, 0.05) is 24.5 Å². The molecule has 1 amide bonds. The second kappa shape index (κ2) is 7.69. The highest BCUT2D eigenvalue weighted by atomic mass is 16.5. The number of piperidine rings is 1. The molecule has 31 heavy (non-hydrogen) atoms. The summed E-state index contributed by atoms with van der Waals surface area (Å²) in [5.74, 6) is 0.369. The van der Waals surface area contributed by atoms with E-state index in [-0.39, 0.29) is 18.5 Å². The molecule has 0 unspecified atom stereocenters. The number of hydrogen-bond donors (Lipinski definition) is 0. The van der Waals surface area contributed by atoms with Gasteiger partial charge < -0.3 is 9.64 Å². The van der Waals surface area contributed by atoms with E-state index in [1.807, 2.05) is 25.3 Å². The number of pyridine rings is 1. The first kappa shape index (κ1) is 19.6. The van der Waals surface area contributed by atoms with Gasteiger partial charge in [-0.25, -0.2) is 9.78 Å². The third-order valence-electron chi connectivity index (χ3n) is 6.26. The van der Waals surface area contributed by atoms with Crippen molar-refractivity contribution in [2.75, 3.05) is 26.2 Å². The van der Waals surface area contributed by atoms with Crippen LogP contribution in [0.4, 0.5) is 0 Å². The fourth-order valence-electron chi connectivity index (χ4n) is 4.55.